The first kappa shape index (κ1) is 19.3. The molecule has 1 aromatic carbocycles. The highest BCUT2D eigenvalue weighted by Crippen LogP contribution is 2.45. The maximum absolute atomic E-state index is 13.2. The van der Waals surface area contributed by atoms with Crippen LogP contribution in [0.15, 0.2) is 35.7 Å². The molecule has 0 aliphatic carbocycles. The Hall–Kier alpha value is -3.02. The Bertz CT molecular complexity index is 1180. The van der Waals surface area contributed by atoms with Crippen molar-refractivity contribution >= 4 is 22.9 Å². The van der Waals surface area contributed by atoms with Gasteiger partial charge in [0.1, 0.15) is 29.8 Å². The number of rotatable bonds is 4. The molecule has 0 spiro atoms. The summed E-state index contributed by atoms with van der Waals surface area (Å²) in [5, 5.41) is 16.9. The van der Waals surface area contributed by atoms with Gasteiger partial charge in [0.2, 0.25) is 11.8 Å². The number of thiophene rings is 1. The quantitative estimate of drug-likeness (QED) is 0.626. The molecule has 2 aromatic heterocycles. The van der Waals surface area contributed by atoms with E-state index in [0.717, 1.165) is 26.6 Å². The van der Waals surface area contributed by atoms with E-state index in [9.17, 15) is 9.65 Å². The smallest absolute Gasteiger partial charge is 0.244 e. The predicted octanol–water partition coefficient (Wildman–Crippen LogP) is 4.68. The molecule has 9 heteroatoms. The van der Waals surface area contributed by atoms with Crippen molar-refractivity contribution in [3.8, 4) is 17.7 Å². The summed E-state index contributed by atoms with van der Waals surface area (Å²) in [6, 6.07) is 8.15. The SMILES string of the molecule is Cc1[nH]nc2c1C(c1cc(COc3ccc(F)cc3Cl)c(C)s1)C(C#N)=C(N)O2. The molecule has 1 aliphatic rings. The first-order valence-corrected chi connectivity index (χ1v) is 9.88. The van der Waals surface area contributed by atoms with Crippen molar-refractivity contribution in [2.24, 2.45) is 5.73 Å². The third-order valence-corrected chi connectivity index (χ3v) is 6.18. The van der Waals surface area contributed by atoms with Crippen LogP contribution in [0.4, 0.5) is 4.39 Å². The molecule has 1 unspecified atom stereocenters. The molecule has 0 amide bonds. The summed E-state index contributed by atoms with van der Waals surface area (Å²) in [4.78, 5) is 1.96. The molecule has 29 heavy (non-hydrogen) atoms. The molecule has 6 nitrogen and oxygen atoms in total. The number of aryl methyl sites for hydroxylation is 2. The van der Waals surface area contributed by atoms with Crippen LogP contribution in [0.3, 0.4) is 0 Å². The number of halogens is 2. The van der Waals surface area contributed by atoms with E-state index in [1.807, 2.05) is 19.9 Å². The molecule has 0 fully saturated rings. The zero-order chi connectivity index (χ0) is 20.7. The Morgan fingerprint density at radius 1 is 1.41 bits per heavy atom. The molecule has 148 valence electrons. The molecule has 1 aliphatic heterocycles. The number of nitrogens with zero attached hydrogens (tertiary/aromatic N) is 2. The summed E-state index contributed by atoms with van der Waals surface area (Å²) in [5.74, 6) is 0.0513. The predicted molar refractivity (Wildman–Crippen MR) is 107 cm³/mol. The van der Waals surface area contributed by atoms with Crippen LogP contribution in [0.5, 0.6) is 11.6 Å². The van der Waals surface area contributed by atoms with Crippen LogP contribution < -0.4 is 15.2 Å². The third-order valence-electron chi connectivity index (χ3n) is 4.73. The summed E-state index contributed by atoms with van der Waals surface area (Å²) in [6.45, 7) is 4.11. The minimum atomic E-state index is -0.421. The lowest BCUT2D eigenvalue weighted by Crippen LogP contribution is -2.20. The number of hydrogen-bond donors (Lipinski definition) is 2. The minimum Gasteiger partial charge on any atom is -0.487 e. The van der Waals surface area contributed by atoms with Gasteiger partial charge in [0.25, 0.3) is 0 Å². The molecular formula is C20H16ClFN4O2S. The van der Waals surface area contributed by atoms with Crippen molar-refractivity contribution in [2.75, 3.05) is 0 Å². The molecule has 4 rings (SSSR count). The number of allylic oxidation sites excluding steroid dienone is 1. The van der Waals surface area contributed by atoms with E-state index >= 15 is 0 Å². The normalized spacial score (nSPS) is 15.6. The fourth-order valence-electron chi connectivity index (χ4n) is 3.26. The van der Waals surface area contributed by atoms with Gasteiger partial charge in [0, 0.05) is 21.0 Å². The highest BCUT2D eigenvalue weighted by molar-refractivity contribution is 7.12. The van der Waals surface area contributed by atoms with Crippen LogP contribution in [0.25, 0.3) is 0 Å². The second-order valence-electron chi connectivity index (χ2n) is 6.59. The Balaban J connectivity index is 1.67. The minimum absolute atomic E-state index is 0.0541. The fraction of sp³-hybridized carbons (Fsp3) is 0.200. The van der Waals surface area contributed by atoms with Crippen LogP contribution in [-0.4, -0.2) is 10.2 Å². The number of nitriles is 1. The first-order chi connectivity index (χ1) is 13.9. The van der Waals surface area contributed by atoms with Crippen molar-refractivity contribution < 1.29 is 13.9 Å². The Morgan fingerprint density at radius 3 is 2.93 bits per heavy atom. The van der Waals surface area contributed by atoms with E-state index in [-0.39, 0.29) is 23.4 Å². The topological polar surface area (TPSA) is 97.0 Å². The number of hydrogen-bond acceptors (Lipinski definition) is 6. The summed E-state index contributed by atoms with van der Waals surface area (Å²) in [6.07, 6.45) is 0. The van der Waals surface area contributed by atoms with Crippen LogP contribution in [0.2, 0.25) is 5.02 Å². The third kappa shape index (κ3) is 3.43. The van der Waals surface area contributed by atoms with Crippen LogP contribution in [-0.2, 0) is 6.61 Å². The number of nitrogens with two attached hydrogens (primary N) is 1. The number of aromatic nitrogens is 2. The summed E-state index contributed by atoms with van der Waals surface area (Å²) < 4.78 is 24.5. The van der Waals surface area contributed by atoms with Gasteiger partial charge in [-0.2, -0.15) is 5.26 Å². The zero-order valence-corrected chi connectivity index (χ0v) is 17.1. The molecule has 0 saturated carbocycles. The number of fused-ring (bicyclic) bond motifs is 1. The number of ether oxygens (including phenoxy) is 2. The van der Waals surface area contributed by atoms with Crippen LogP contribution in [0.1, 0.15) is 32.5 Å². The van der Waals surface area contributed by atoms with E-state index in [2.05, 4.69) is 16.3 Å². The van der Waals surface area contributed by atoms with E-state index < -0.39 is 5.82 Å². The molecule has 0 saturated heterocycles. The van der Waals surface area contributed by atoms with E-state index in [0.29, 0.717) is 17.2 Å². The molecular weight excluding hydrogens is 415 g/mol. The van der Waals surface area contributed by atoms with Crippen LogP contribution in [0, 0.1) is 31.0 Å². The lowest BCUT2D eigenvalue weighted by Gasteiger charge is -2.22. The van der Waals surface area contributed by atoms with E-state index in [1.165, 1.54) is 18.2 Å². The van der Waals surface area contributed by atoms with Gasteiger partial charge in [-0.1, -0.05) is 11.6 Å². The summed E-state index contributed by atoms with van der Waals surface area (Å²) >= 11 is 7.58. The van der Waals surface area contributed by atoms with Crippen molar-refractivity contribution in [1.82, 2.24) is 10.2 Å². The fourth-order valence-corrected chi connectivity index (χ4v) is 4.64. The maximum atomic E-state index is 13.2. The number of aromatic amines is 1. The molecule has 3 N–H and O–H groups in total. The second kappa shape index (κ2) is 7.43. The Morgan fingerprint density at radius 2 is 2.21 bits per heavy atom. The second-order valence-corrected chi connectivity index (χ2v) is 8.28. The highest BCUT2D eigenvalue weighted by Gasteiger charge is 2.35. The van der Waals surface area contributed by atoms with Crippen LogP contribution >= 0.6 is 22.9 Å². The van der Waals surface area contributed by atoms with Crippen molar-refractivity contribution in [2.45, 2.75) is 26.4 Å². The van der Waals surface area contributed by atoms with Gasteiger partial charge in [-0.3, -0.25) is 5.10 Å². The van der Waals surface area contributed by atoms with Gasteiger partial charge in [-0.25, -0.2) is 4.39 Å². The van der Waals surface area contributed by atoms with E-state index in [4.69, 9.17) is 26.8 Å². The average molecular weight is 431 g/mol. The van der Waals surface area contributed by atoms with Gasteiger partial charge in [-0.15, -0.1) is 16.4 Å². The van der Waals surface area contributed by atoms with Crippen molar-refractivity contribution in [3.05, 3.63) is 73.1 Å². The zero-order valence-electron chi connectivity index (χ0n) is 15.5. The lowest BCUT2D eigenvalue weighted by molar-refractivity contribution is 0.305. The summed E-state index contributed by atoms with van der Waals surface area (Å²) in [5.41, 5.74) is 8.86. The first-order valence-electron chi connectivity index (χ1n) is 8.68. The van der Waals surface area contributed by atoms with Gasteiger partial charge < -0.3 is 15.2 Å². The molecule has 1 atom stereocenters. The monoisotopic (exact) mass is 430 g/mol. The molecule has 0 radical (unpaired) electrons. The van der Waals surface area contributed by atoms with Gasteiger partial charge >= 0.3 is 0 Å². The number of H-pyrrole nitrogens is 1. The average Bonchev–Trinajstić information content (AvgIpc) is 3.22. The standard InChI is InChI=1S/C20H16ClFN4O2S/c1-9-17-18(13(7-23)19(24)28-20(17)26-25-9)16-5-11(10(2)29-16)8-27-15-4-3-12(22)6-14(15)21/h3-6,18H,8,24H2,1-2H3,(H,25,26). The van der Waals surface area contributed by atoms with Crippen molar-refractivity contribution in [3.63, 3.8) is 0 Å². The molecule has 3 heterocycles. The maximum Gasteiger partial charge on any atom is 0.244 e. The van der Waals surface area contributed by atoms with Gasteiger partial charge in [-0.05, 0) is 38.1 Å². The van der Waals surface area contributed by atoms with Gasteiger partial charge in [0.15, 0.2) is 0 Å². The number of benzene rings is 1. The molecule has 3 aromatic rings. The van der Waals surface area contributed by atoms with Crippen molar-refractivity contribution in [1.29, 1.82) is 5.26 Å². The number of nitrogens with one attached hydrogen (secondary N) is 1. The van der Waals surface area contributed by atoms with E-state index in [1.54, 1.807) is 11.3 Å². The van der Waals surface area contributed by atoms with Gasteiger partial charge in [0.05, 0.1) is 16.5 Å². The Labute approximate surface area is 175 Å². The lowest BCUT2D eigenvalue weighted by atomic mass is 9.88. The Kier molecular flexibility index (Phi) is 4.94. The highest BCUT2D eigenvalue weighted by atomic mass is 35.5. The molecule has 0 bridgehead atoms. The summed E-state index contributed by atoms with van der Waals surface area (Å²) in [7, 11) is 0. The largest absolute Gasteiger partial charge is 0.487 e.